The Morgan fingerprint density at radius 3 is 2.35 bits per heavy atom. The monoisotopic (exact) mass is 255 g/mol. The number of carbonyl (C=O) groups excluding carboxylic acids is 2. The van der Waals surface area contributed by atoms with Gasteiger partial charge in [-0.25, -0.2) is 8.42 Å². The van der Waals surface area contributed by atoms with Gasteiger partial charge in [0.15, 0.2) is 9.84 Å². The molecule has 0 radical (unpaired) electrons. The maximum absolute atomic E-state index is 11.7. The van der Waals surface area contributed by atoms with Gasteiger partial charge in [-0.15, -0.1) is 0 Å². The lowest BCUT2D eigenvalue weighted by atomic mass is 10.2. The van der Waals surface area contributed by atoms with Crippen molar-refractivity contribution in [3.05, 3.63) is 29.8 Å². The normalized spacial score (nSPS) is 10.9. The molecule has 0 fully saturated rings. The van der Waals surface area contributed by atoms with Crippen molar-refractivity contribution in [2.24, 2.45) is 0 Å². The zero-order chi connectivity index (χ0) is 12.9. The van der Waals surface area contributed by atoms with Crippen molar-refractivity contribution in [3.8, 4) is 0 Å². The maximum atomic E-state index is 11.7. The molecule has 0 saturated heterocycles. The second-order valence-corrected chi connectivity index (χ2v) is 5.59. The van der Waals surface area contributed by atoms with Crippen molar-refractivity contribution in [1.29, 1.82) is 0 Å². The summed E-state index contributed by atoms with van der Waals surface area (Å²) in [5.41, 5.74) is 0.791. The zero-order valence-electron chi connectivity index (χ0n) is 9.34. The number of rotatable bonds is 6. The van der Waals surface area contributed by atoms with Crippen LogP contribution in [0.1, 0.15) is 12.5 Å². The molecular formula is C11H13NO4S. The summed E-state index contributed by atoms with van der Waals surface area (Å²) in [6.07, 6.45) is 0.570. The van der Waals surface area contributed by atoms with Crippen molar-refractivity contribution in [2.45, 2.75) is 18.4 Å². The van der Waals surface area contributed by atoms with E-state index in [1.807, 2.05) is 0 Å². The molecule has 0 heterocycles. The van der Waals surface area contributed by atoms with E-state index in [2.05, 4.69) is 5.32 Å². The molecule has 0 aliphatic heterocycles. The average Bonchev–Trinajstić information content (AvgIpc) is 2.25. The molecule has 1 rings (SSSR count). The van der Waals surface area contributed by atoms with Crippen LogP contribution < -0.4 is 5.32 Å². The van der Waals surface area contributed by atoms with Crippen LogP contribution in [0.5, 0.6) is 0 Å². The summed E-state index contributed by atoms with van der Waals surface area (Å²) in [6.45, 7) is 1.58. The van der Waals surface area contributed by atoms with Crippen LogP contribution in [0, 0.1) is 0 Å². The summed E-state index contributed by atoms with van der Waals surface area (Å²) < 4.78 is 23.4. The number of ketones is 1. The fourth-order valence-corrected chi connectivity index (χ4v) is 2.58. The smallest absolute Gasteiger partial charge is 0.207 e. The number of sulfone groups is 1. The van der Waals surface area contributed by atoms with E-state index in [0.29, 0.717) is 13.0 Å². The van der Waals surface area contributed by atoms with E-state index in [0.717, 1.165) is 5.56 Å². The van der Waals surface area contributed by atoms with E-state index < -0.39 is 21.4 Å². The lowest BCUT2D eigenvalue weighted by Crippen LogP contribution is -2.14. The van der Waals surface area contributed by atoms with Crippen LogP contribution in [-0.4, -0.2) is 26.4 Å². The average molecular weight is 255 g/mol. The fourth-order valence-electron chi connectivity index (χ4n) is 1.33. The molecule has 5 nitrogen and oxygen atoms in total. The molecule has 0 aliphatic carbocycles. The topological polar surface area (TPSA) is 80.3 Å². The minimum absolute atomic E-state index is 0.113. The lowest BCUT2D eigenvalue weighted by Gasteiger charge is -2.04. The molecule has 0 bridgehead atoms. The Kier molecular flexibility index (Phi) is 4.39. The molecule has 0 aliphatic rings. The summed E-state index contributed by atoms with van der Waals surface area (Å²) in [5.74, 6) is -0.879. The third kappa shape index (κ3) is 3.99. The molecule has 1 amide bonds. The molecule has 1 aromatic rings. The predicted octanol–water partition coefficient (Wildman–Crippen LogP) is 0.295. The summed E-state index contributed by atoms with van der Waals surface area (Å²) in [4.78, 5) is 21.0. The number of nitrogens with one attached hydrogen (secondary N) is 1. The Morgan fingerprint density at radius 2 is 1.88 bits per heavy atom. The quantitative estimate of drug-likeness (QED) is 0.741. The van der Waals surface area contributed by atoms with Crippen LogP contribution in [0.3, 0.4) is 0 Å². The third-order valence-electron chi connectivity index (χ3n) is 2.07. The number of hydrogen-bond donors (Lipinski definition) is 1. The first-order chi connectivity index (χ1) is 7.95. The third-order valence-corrected chi connectivity index (χ3v) is 3.84. The van der Waals surface area contributed by atoms with Crippen LogP contribution in [0.15, 0.2) is 29.2 Å². The molecule has 0 spiro atoms. The van der Waals surface area contributed by atoms with Crippen LogP contribution in [0.4, 0.5) is 0 Å². The highest BCUT2D eigenvalue weighted by atomic mass is 32.2. The van der Waals surface area contributed by atoms with Crippen LogP contribution in [-0.2, 0) is 26.0 Å². The van der Waals surface area contributed by atoms with E-state index in [1.54, 1.807) is 12.1 Å². The molecule has 1 aromatic carbocycles. The molecule has 1 N–H and O–H groups in total. The largest absolute Gasteiger partial charge is 0.355 e. The van der Waals surface area contributed by atoms with Crippen molar-refractivity contribution >= 4 is 22.0 Å². The van der Waals surface area contributed by atoms with Gasteiger partial charge >= 0.3 is 0 Å². The molecule has 92 valence electrons. The van der Waals surface area contributed by atoms with E-state index in [9.17, 15) is 18.0 Å². The number of benzene rings is 1. The standard InChI is InChI=1S/C11H13NO4S/c1-9(14)7-17(15,16)11-4-2-10(3-5-11)6-12-8-13/h2-5,8H,6-7H2,1H3,(H,12,13). The molecule has 6 heteroatoms. The Labute approximate surface area is 99.8 Å². The van der Waals surface area contributed by atoms with Gasteiger partial charge in [-0.1, -0.05) is 12.1 Å². The van der Waals surface area contributed by atoms with Crippen molar-refractivity contribution in [1.82, 2.24) is 5.32 Å². The highest BCUT2D eigenvalue weighted by molar-refractivity contribution is 7.92. The van der Waals surface area contributed by atoms with E-state index >= 15 is 0 Å². The van der Waals surface area contributed by atoms with Crippen molar-refractivity contribution in [3.63, 3.8) is 0 Å². The summed E-state index contributed by atoms with van der Waals surface area (Å²) in [6, 6.07) is 6.06. The molecule has 0 aromatic heterocycles. The summed E-state index contributed by atoms with van der Waals surface area (Å²) in [5, 5.41) is 2.47. The Morgan fingerprint density at radius 1 is 1.29 bits per heavy atom. The molecule has 0 atom stereocenters. The zero-order valence-corrected chi connectivity index (χ0v) is 10.2. The lowest BCUT2D eigenvalue weighted by molar-refractivity contribution is -0.114. The molecule has 0 unspecified atom stereocenters. The van der Waals surface area contributed by atoms with Gasteiger partial charge in [0.2, 0.25) is 6.41 Å². The highest BCUT2D eigenvalue weighted by Crippen LogP contribution is 2.12. The predicted molar refractivity (Wildman–Crippen MR) is 62.1 cm³/mol. The minimum atomic E-state index is -3.54. The first-order valence-corrected chi connectivity index (χ1v) is 6.59. The first kappa shape index (κ1) is 13.4. The van der Waals surface area contributed by atoms with Crippen molar-refractivity contribution < 1.29 is 18.0 Å². The minimum Gasteiger partial charge on any atom is -0.355 e. The number of hydrogen-bond acceptors (Lipinski definition) is 4. The Balaban J connectivity index is 2.87. The Bertz CT molecular complexity index is 505. The van der Waals surface area contributed by atoms with Gasteiger partial charge in [-0.2, -0.15) is 0 Å². The Hall–Kier alpha value is -1.69. The highest BCUT2D eigenvalue weighted by Gasteiger charge is 2.16. The van der Waals surface area contributed by atoms with E-state index in [-0.39, 0.29) is 4.90 Å². The van der Waals surface area contributed by atoms with Gasteiger partial charge in [0.25, 0.3) is 0 Å². The van der Waals surface area contributed by atoms with E-state index in [4.69, 9.17) is 0 Å². The van der Waals surface area contributed by atoms with Crippen LogP contribution >= 0.6 is 0 Å². The number of carbonyl (C=O) groups is 2. The number of Topliss-reactive ketones (excluding diaryl/α,β-unsaturated/α-hetero) is 1. The van der Waals surface area contributed by atoms with Gasteiger partial charge in [0, 0.05) is 6.54 Å². The second kappa shape index (κ2) is 5.58. The van der Waals surface area contributed by atoms with Gasteiger partial charge in [-0.3, -0.25) is 9.59 Å². The van der Waals surface area contributed by atoms with Gasteiger partial charge in [0.05, 0.1) is 4.90 Å². The molecule has 17 heavy (non-hydrogen) atoms. The summed E-state index contributed by atoms with van der Waals surface area (Å²) >= 11 is 0. The first-order valence-electron chi connectivity index (χ1n) is 4.94. The van der Waals surface area contributed by atoms with Gasteiger partial charge < -0.3 is 5.32 Å². The maximum Gasteiger partial charge on any atom is 0.207 e. The second-order valence-electron chi connectivity index (χ2n) is 3.60. The molecular weight excluding hydrogens is 242 g/mol. The van der Waals surface area contributed by atoms with Crippen LogP contribution in [0.2, 0.25) is 0 Å². The van der Waals surface area contributed by atoms with Gasteiger partial charge in [0.1, 0.15) is 11.5 Å². The van der Waals surface area contributed by atoms with E-state index in [1.165, 1.54) is 19.1 Å². The summed E-state index contributed by atoms with van der Waals surface area (Å²) in [7, 11) is -3.54. The SMILES string of the molecule is CC(=O)CS(=O)(=O)c1ccc(CNC=O)cc1. The van der Waals surface area contributed by atoms with Crippen LogP contribution in [0.25, 0.3) is 0 Å². The van der Waals surface area contributed by atoms with Crippen molar-refractivity contribution in [2.75, 3.05) is 5.75 Å². The fraction of sp³-hybridized carbons (Fsp3) is 0.273. The molecule has 0 saturated carbocycles. The van der Waals surface area contributed by atoms with Gasteiger partial charge in [-0.05, 0) is 24.6 Å². The number of amides is 1.